The number of nitrogens with zero attached hydrogens (tertiary/aromatic N) is 2. The van der Waals surface area contributed by atoms with Gasteiger partial charge in [-0.3, -0.25) is 10.0 Å². The average molecular weight is 314 g/mol. The van der Waals surface area contributed by atoms with Crippen LogP contribution in [0.25, 0.3) is 0 Å². The van der Waals surface area contributed by atoms with E-state index in [-0.39, 0.29) is 6.10 Å². The number of rotatable bonds is 4. The van der Waals surface area contributed by atoms with Crippen molar-refractivity contribution in [2.75, 3.05) is 20.2 Å². The third-order valence-corrected chi connectivity index (χ3v) is 5.51. The summed E-state index contributed by atoms with van der Waals surface area (Å²) in [7, 11) is 1.81. The number of nitrogens with one attached hydrogen (secondary N) is 1. The third-order valence-electron chi connectivity index (χ3n) is 4.08. The van der Waals surface area contributed by atoms with Crippen LogP contribution in [0.3, 0.4) is 0 Å². The van der Waals surface area contributed by atoms with E-state index in [1.165, 1.54) is 12.1 Å². The lowest BCUT2D eigenvalue weighted by atomic mass is 9.85. The highest BCUT2D eigenvalue weighted by atomic mass is 35.5. The molecule has 4 nitrogen and oxygen atoms in total. The number of hydrogen-bond acceptors (Lipinski definition) is 5. The Labute approximate surface area is 129 Å². The second-order valence-corrected chi connectivity index (χ2v) is 7.11. The summed E-state index contributed by atoms with van der Waals surface area (Å²) < 4.78 is 6.47. The van der Waals surface area contributed by atoms with Crippen LogP contribution in [0, 0.1) is 5.92 Å². The Morgan fingerprint density at radius 1 is 1.60 bits per heavy atom. The van der Waals surface area contributed by atoms with Crippen LogP contribution in [0.5, 0.6) is 0 Å². The molecule has 110 valence electrons. The summed E-state index contributed by atoms with van der Waals surface area (Å²) in [4.78, 5) is 4.29. The monoisotopic (exact) mass is 313 g/mol. The van der Waals surface area contributed by atoms with Gasteiger partial charge in [0.25, 0.3) is 0 Å². The smallest absolute Gasteiger partial charge is 0.158 e. The van der Waals surface area contributed by atoms with Gasteiger partial charge in [-0.15, -0.1) is 0 Å². The summed E-state index contributed by atoms with van der Waals surface area (Å²) in [6.07, 6.45) is 10.1. The molecule has 0 amide bonds. The Morgan fingerprint density at radius 3 is 3.15 bits per heavy atom. The molecule has 0 spiro atoms. The molecular formula is C14H20ClN3OS. The molecule has 0 bridgehead atoms. The van der Waals surface area contributed by atoms with E-state index in [0.717, 1.165) is 25.9 Å². The zero-order valence-electron chi connectivity index (χ0n) is 11.6. The fraction of sp³-hybridized carbons (Fsp3) is 0.643. The molecule has 2 aliphatic heterocycles. The van der Waals surface area contributed by atoms with E-state index in [0.29, 0.717) is 15.7 Å². The second kappa shape index (κ2) is 6.52. The lowest BCUT2D eigenvalue weighted by molar-refractivity contribution is 0.0441. The molecule has 0 saturated carbocycles. The molecule has 0 aromatic heterocycles. The first kappa shape index (κ1) is 14.4. The van der Waals surface area contributed by atoms with E-state index in [1.54, 1.807) is 11.8 Å². The maximum Gasteiger partial charge on any atom is 0.158 e. The normalized spacial score (nSPS) is 31.4. The van der Waals surface area contributed by atoms with Crippen molar-refractivity contribution >= 4 is 27.9 Å². The van der Waals surface area contributed by atoms with Gasteiger partial charge in [0, 0.05) is 25.6 Å². The molecule has 0 aromatic rings. The van der Waals surface area contributed by atoms with Crippen LogP contribution in [0.15, 0.2) is 29.0 Å². The van der Waals surface area contributed by atoms with Crippen LogP contribution in [0.1, 0.15) is 19.3 Å². The van der Waals surface area contributed by atoms with Gasteiger partial charge >= 0.3 is 0 Å². The van der Waals surface area contributed by atoms with E-state index in [9.17, 15) is 0 Å². The first-order valence-corrected chi connectivity index (χ1v) is 8.31. The molecule has 2 heterocycles. The quantitative estimate of drug-likeness (QED) is 0.866. The molecule has 0 aromatic carbocycles. The number of ether oxygens (including phenoxy) is 1. The number of thioether (sulfide) groups is 1. The van der Waals surface area contributed by atoms with Crippen LogP contribution >= 0.6 is 23.4 Å². The van der Waals surface area contributed by atoms with Crippen molar-refractivity contribution < 1.29 is 4.74 Å². The molecule has 3 aliphatic rings. The standard InChI is InChI=1S/C14H20ClN3OS/c1-19-13(12-9-16-14(15)20-12)10-4-2-5-11(8-10)18-7-3-6-17-18/h3,5,7,10,12-13,17H,2,4,6,8-9H2,1H3. The maximum atomic E-state index is 6.00. The van der Waals surface area contributed by atoms with Crippen molar-refractivity contribution in [2.45, 2.75) is 30.6 Å². The average Bonchev–Trinajstić information content (AvgIpc) is 3.12. The lowest BCUT2D eigenvalue weighted by Crippen LogP contribution is -2.38. The first-order valence-electron chi connectivity index (χ1n) is 7.06. The molecule has 1 N–H and O–H groups in total. The van der Waals surface area contributed by atoms with E-state index >= 15 is 0 Å². The van der Waals surface area contributed by atoms with Crippen LogP contribution < -0.4 is 5.43 Å². The summed E-state index contributed by atoms with van der Waals surface area (Å²) in [6, 6.07) is 0. The Balaban J connectivity index is 1.64. The van der Waals surface area contributed by atoms with Crippen molar-refractivity contribution in [3.63, 3.8) is 0 Å². The number of hydrogen-bond donors (Lipinski definition) is 1. The molecule has 0 radical (unpaired) electrons. The van der Waals surface area contributed by atoms with Gasteiger partial charge in [-0.1, -0.05) is 35.5 Å². The minimum absolute atomic E-state index is 0.218. The molecule has 1 aliphatic carbocycles. The minimum Gasteiger partial charge on any atom is -0.380 e. The lowest BCUT2D eigenvalue weighted by Gasteiger charge is -2.34. The SMILES string of the molecule is COC(C1CCC=C(N2C=CCN2)C1)C1CN=C(Cl)S1. The van der Waals surface area contributed by atoms with E-state index in [4.69, 9.17) is 16.3 Å². The highest BCUT2D eigenvalue weighted by Crippen LogP contribution is 2.37. The first-order chi connectivity index (χ1) is 9.78. The Bertz CT molecular complexity index is 452. The Kier molecular flexibility index (Phi) is 4.71. The summed E-state index contributed by atoms with van der Waals surface area (Å²) in [5.74, 6) is 0.533. The van der Waals surface area contributed by atoms with Gasteiger partial charge in [-0.25, -0.2) is 5.43 Å². The minimum atomic E-state index is 0.218. The van der Waals surface area contributed by atoms with Crippen molar-refractivity contribution in [3.05, 3.63) is 24.0 Å². The Hall–Kier alpha value is -0.490. The molecule has 6 heteroatoms. The second-order valence-electron chi connectivity index (χ2n) is 5.30. The van der Waals surface area contributed by atoms with E-state index < -0.39 is 0 Å². The molecule has 3 unspecified atom stereocenters. The van der Waals surface area contributed by atoms with Gasteiger partial charge in [0.1, 0.15) is 0 Å². The summed E-state index contributed by atoms with van der Waals surface area (Å²) in [5.41, 5.74) is 4.70. The van der Waals surface area contributed by atoms with Crippen LogP contribution in [-0.4, -0.2) is 41.1 Å². The van der Waals surface area contributed by atoms with Gasteiger partial charge in [0.15, 0.2) is 4.50 Å². The summed E-state index contributed by atoms with van der Waals surface area (Å²) in [5, 5.41) is 2.50. The van der Waals surface area contributed by atoms with Gasteiger partial charge in [0.2, 0.25) is 0 Å². The highest BCUT2D eigenvalue weighted by Gasteiger charge is 2.35. The van der Waals surface area contributed by atoms with Crippen molar-refractivity contribution in [2.24, 2.45) is 10.9 Å². The van der Waals surface area contributed by atoms with Gasteiger partial charge < -0.3 is 4.74 Å². The van der Waals surface area contributed by atoms with Crippen LogP contribution in [0.4, 0.5) is 0 Å². The number of aliphatic imine (C=N–C) groups is 1. The summed E-state index contributed by atoms with van der Waals surface area (Å²) in [6.45, 7) is 1.69. The van der Waals surface area contributed by atoms with E-state index in [1.807, 2.05) is 7.11 Å². The highest BCUT2D eigenvalue weighted by molar-refractivity contribution is 8.17. The van der Waals surface area contributed by atoms with Crippen molar-refractivity contribution in [1.82, 2.24) is 10.4 Å². The maximum absolute atomic E-state index is 6.00. The number of allylic oxidation sites excluding steroid dienone is 2. The number of hydrazine groups is 1. The number of halogens is 1. The predicted molar refractivity (Wildman–Crippen MR) is 84.7 cm³/mol. The topological polar surface area (TPSA) is 36.9 Å². The molecule has 0 saturated heterocycles. The fourth-order valence-corrected chi connectivity index (χ4v) is 4.56. The fourth-order valence-electron chi connectivity index (χ4n) is 3.13. The molecular weight excluding hydrogens is 294 g/mol. The van der Waals surface area contributed by atoms with Crippen molar-refractivity contribution in [1.29, 1.82) is 0 Å². The molecule has 3 rings (SSSR count). The van der Waals surface area contributed by atoms with Crippen LogP contribution in [0.2, 0.25) is 0 Å². The zero-order valence-corrected chi connectivity index (χ0v) is 13.2. The third kappa shape index (κ3) is 3.06. The molecule has 20 heavy (non-hydrogen) atoms. The van der Waals surface area contributed by atoms with Gasteiger partial charge in [-0.2, -0.15) is 0 Å². The zero-order chi connectivity index (χ0) is 13.9. The van der Waals surface area contributed by atoms with E-state index in [2.05, 4.69) is 33.8 Å². The van der Waals surface area contributed by atoms with Gasteiger partial charge in [-0.05, 0) is 25.2 Å². The molecule has 0 fully saturated rings. The van der Waals surface area contributed by atoms with Crippen LogP contribution in [-0.2, 0) is 4.74 Å². The van der Waals surface area contributed by atoms with Crippen molar-refractivity contribution in [3.8, 4) is 0 Å². The molecule has 3 atom stereocenters. The van der Waals surface area contributed by atoms with Gasteiger partial charge in [0.05, 0.1) is 17.9 Å². The largest absolute Gasteiger partial charge is 0.380 e. The number of methoxy groups -OCH3 is 1. The Morgan fingerprint density at radius 2 is 2.50 bits per heavy atom. The summed E-state index contributed by atoms with van der Waals surface area (Å²) >= 11 is 7.65. The predicted octanol–water partition coefficient (Wildman–Crippen LogP) is 2.73.